The van der Waals surface area contributed by atoms with Crippen molar-refractivity contribution >= 4 is 17.5 Å². The van der Waals surface area contributed by atoms with E-state index in [1.165, 1.54) is 0 Å². The third kappa shape index (κ3) is 4.23. The first-order chi connectivity index (χ1) is 10.6. The van der Waals surface area contributed by atoms with Gasteiger partial charge in [-0.05, 0) is 37.5 Å². The van der Waals surface area contributed by atoms with Crippen molar-refractivity contribution in [2.24, 2.45) is 5.92 Å². The minimum Gasteiger partial charge on any atom is -0.399 e. The predicted molar refractivity (Wildman–Crippen MR) is 87.4 cm³/mol. The molecule has 22 heavy (non-hydrogen) atoms. The van der Waals surface area contributed by atoms with Gasteiger partial charge in [-0.25, -0.2) is 0 Å². The molecule has 1 aliphatic rings. The van der Waals surface area contributed by atoms with Crippen molar-refractivity contribution in [2.45, 2.75) is 32.6 Å². The van der Waals surface area contributed by atoms with Crippen LogP contribution in [0.2, 0.25) is 0 Å². The summed E-state index contributed by atoms with van der Waals surface area (Å²) in [5, 5.41) is 2.96. The lowest BCUT2D eigenvalue weighted by Crippen LogP contribution is -2.45. The van der Waals surface area contributed by atoms with Gasteiger partial charge in [0, 0.05) is 30.9 Å². The Labute approximate surface area is 131 Å². The molecule has 1 aliphatic heterocycles. The summed E-state index contributed by atoms with van der Waals surface area (Å²) in [4.78, 5) is 26.4. The number of nitrogens with two attached hydrogens (primary N) is 1. The molecule has 0 saturated carbocycles. The lowest BCUT2D eigenvalue weighted by molar-refractivity contribution is -0.126. The first-order valence-corrected chi connectivity index (χ1v) is 8.04. The van der Waals surface area contributed by atoms with E-state index in [1.54, 1.807) is 29.2 Å². The van der Waals surface area contributed by atoms with Crippen LogP contribution < -0.4 is 11.1 Å². The molecular weight excluding hydrogens is 278 g/mol. The van der Waals surface area contributed by atoms with Crippen molar-refractivity contribution in [1.29, 1.82) is 0 Å². The number of hydrogen-bond acceptors (Lipinski definition) is 3. The Bertz CT molecular complexity index is 530. The first-order valence-electron chi connectivity index (χ1n) is 8.04. The molecule has 1 aromatic carbocycles. The van der Waals surface area contributed by atoms with Crippen molar-refractivity contribution in [1.82, 2.24) is 10.2 Å². The fraction of sp³-hybridized carbons (Fsp3) is 0.529. The quantitative estimate of drug-likeness (QED) is 0.645. The maximum absolute atomic E-state index is 12.5. The number of likely N-dealkylation sites (tertiary alicyclic amines) is 1. The van der Waals surface area contributed by atoms with Gasteiger partial charge in [0.25, 0.3) is 5.91 Å². The number of anilines is 1. The van der Waals surface area contributed by atoms with Crippen molar-refractivity contribution in [3.63, 3.8) is 0 Å². The summed E-state index contributed by atoms with van der Waals surface area (Å²) in [5.41, 5.74) is 6.90. The number of nitrogens with zero attached hydrogens (tertiary/aromatic N) is 1. The number of amides is 2. The summed E-state index contributed by atoms with van der Waals surface area (Å²) in [7, 11) is 0. The number of carbonyl (C=O) groups is 2. The highest BCUT2D eigenvalue weighted by molar-refractivity contribution is 5.95. The Hall–Kier alpha value is -2.04. The lowest BCUT2D eigenvalue weighted by Gasteiger charge is -2.32. The van der Waals surface area contributed by atoms with Crippen molar-refractivity contribution in [2.75, 3.05) is 25.4 Å². The van der Waals surface area contributed by atoms with Gasteiger partial charge in [0.2, 0.25) is 5.91 Å². The van der Waals surface area contributed by atoms with Gasteiger partial charge in [-0.2, -0.15) is 0 Å². The van der Waals surface area contributed by atoms with E-state index >= 15 is 0 Å². The number of benzene rings is 1. The average Bonchev–Trinajstić information content (AvgIpc) is 2.54. The highest BCUT2D eigenvalue weighted by Crippen LogP contribution is 2.19. The molecule has 0 radical (unpaired) electrons. The molecule has 5 nitrogen and oxygen atoms in total. The van der Waals surface area contributed by atoms with Crippen LogP contribution >= 0.6 is 0 Å². The van der Waals surface area contributed by atoms with E-state index in [4.69, 9.17) is 5.73 Å². The number of carbonyl (C=O) groups excluding carboxylic acids is 2. The summed E-state index contributed by atoms with van der Waals surface area (Å²) >= 11 is 0. The van der Waals surface area contributed by atoms with E-state index < -0.39 is 0 Å². The summed E-state index contributed by atoms with van der Waals surface area (Å²) in [6, 6.07) is 7.00. The van der Waals surface area contributed by atoms with E-state index in [2.05, 4.69) is 12.2 Å². The fourth-order valence-electron chi connectivity index (χ4n) is 2.76. The van der Waals surface area contributed by atoms with Gasteiger partial charge >= 0.3 is 0 Å². The van der Waals surface area contributed by atoms with Crippen LogP contribution in [-0.2, 0) is 4.79 Å². The van der Waals surface area contributed by atoms with Gasteiger partial charge in [0.05, 0.1) is 5.92 Å². The van der Waals surface area contributed by atoms with Gasteiger partial charge in [-0.15, -0.1) is 0 Å². The molecule has 1 atom stereocenters. The summed E-state index contributed by atoms with van der Waals surface area (Å²) in [6.07, 6.45) is 3.76. The van der Waals surface area contributed by atoms with Gasteiger partial charge in [-0.3, -0.25) is 9.59 Å². The Balaban J connectivity index is 1.95. The molecule has 5 heteroatoms. The molecule has 120 valence electrons. The molecule has 3 N–H and O–H groups in total. The number of piperidine rings is 1. The first kappa shape index (κ1) is 16.3. The Morgan fingerprint density at radius 3 is 2.95 bits per heavy atom. The van der Waals surface area contributed by atoms with Gasteiger partial charge in [-0.1, -0.05) is 19.4 Å². The maximum atomic E-state index is 12.5. The standard InChI is InChI=1S/C17H25N3O2/c1-2-3-9-19-16(21)14-7-5-10-20(12-14)17(22)13-6-4-8-15(18)11-13/h4,6,8,11,14H,2-3,5,7,9-10,12,18H2,1H3,(H,19,21). The Morgan fingerprint density at radius 1 is 1.41 bits per heavy atom. The zero-order valence-electron chi connectivity index (χ0n) is 13.2. The fourth-order valence-corrected chi connectivity index (χ4v) is 2.76. The van der Waals surface area contributed by atoms with Crippen LogP contribution in [0.3, 0.4) is 0 Å². The number of hydrogen-bond donors (Lipinski definition) is 2. The molecule has 2 rings (SSSR count). The monoisotopic (exact) mass is 303 g/mol. The summed E-state index contributed by atoms with van der Waals surface area (Å²) in [5.74, 6) is -0.0764. The third-order valence-corrected chi connectivity index (χ3v) is 4.04. The van der Waals surface area contributed by atoms with Crippen LogP contribution in [0.15, 0.2) is 24.3 Å². The van der Waals surface area contributed by atoms with E-state index in [0.29, 0.717) is 24.3 Å². The number of unbranched alkanes of at least 4 members (excludes halogenated alkanes) is 1. The van der Waals surface area contributed by atoms with Gasteiger partial charge in [0.1, 0.15) is 0 Å². The third-order valence-electron chi connectivity index (χ3n) is 4.04. The van der Waals surface area contributed by atoms with E-state index in [9.17, 15) is 9.59 Å². The van der Waals surface area contributed by atoms with E-state index in [1.807, 2.05) is 0 Å². The SMILES string of the molecule is CCCCNC(=O)C1CCCN(C(=O)c2cccc(N)c2)C1. The largest absolute Gasteiger partial charge is 0.399 e. The predicted octanol–water partition coefficient (Wildman–Crippen LogP) is 2.04. The minimum atomic E-state index is -0.101. The smallest absolute Gasteiger partial charge is 0.253 e. The molecule has 0 bridgehead atoms. The number of nitrogens with one attached hydrogen (secondary N) is 1. The number of rotatable bonds is 5. The van der Waals surface area contributed by atoms with Crippen LogP contribution in [0.1, 0.15) is 43.0 Å². The molecule has 0 spiro atoms. The molecule has 1 fully saturated rings. The topological polar surface area (TPSA) is 75.4 Å². The molecular formula is C17H25N3O2. The van der Waals surface area contributed by atoms with Crippen molar-refractivity contribution in [3.05, 3.63) is 29.8 Å². The second-order valence-electron chi connectivity index (χ2n) is 5.86. The molecule has 1 heterocycles. The van der Waals surface area contributed by atoms with E-state index in [0.717, 1.165) is 32.2 Å². The molecule has 1 aromatic rings. The average molecular weight is 303 g/mol. The maximum Gasteiger partial charge on any atom is 0.253 e. The highest BCUT2D eigenvalue weighted by Gasteiger charge is 2.28. The van der Waals surface area contributed by atoms with Crippen molar-refractivity contribution < 1.29 is 9.59 Å². The Kier molecular flexibility index (Phi) is 5.81. The molecule has 0 aromatic heterocycles. The zero-order valence-corrected chi connectivity index (χ0v) is 13.2. The van der Waals surface area contributed by atoms with Crippen LogP contribution in [-0.4, -0.2) is 36.3 Å². The highest BCUT2D eigenvalue weighted by atomic mass is 16.2. The van der Waals surface area contributed by atoms with Crippen molar-refractivity contribution in [3.8, 4) is 0 Å². The van der Waals surface area contributed by atoms with Crippen LogP contribution in [0.5, 0.6) is 0 Å². The zero-order chi connectivity index (χ0) is 15.9. The normalized spacial score (nSPS) is 18.0. The molecule has 0 aliphatic carbocycles. The van der Waals surface area contributed by atoms with Crippen LogP contribution in [0, 0.1) is 5.92 Å². The lowest BCUT2D eigenvalue weighted by atomic mass is 9.96. The number of nitrogen functional groups attached to an aromatic ring is 1. The minimum absolute atomic E-state index is 0.0432. The summed E-state index contributed by atoms with van der Waals surface area (Å²) in [6.45, 7) is 4.01. The van der Waals surface area contributed by atoms with Gasteiger partial charge < -0.3 is 16.0 Å². The van der Waals surface area contributed by atoms with Gasteiger partial charge in [0.15, 0.2) is 0 Å². The van der Waals surface area contributed by atoms with Crippen LogP contribution in [0.4, 0.5) is 5.69 Å². The van der Waals surface area contributed by atoms with Crippen LogP contribution in [0.25, 0.3) is 0 Å². The molecule has 1 saturated heterocycles. The molecule has 2 amide bonds. The summed E-state index contributed by atoms with van der Waals surface area (Å²) < 4.78 is 0. The molecule has 1 unspecified atom stereocenters. The second kappa shape index (κ2) is 7.82. The Morgan fingerprint density at radius 2 is 2.23 bits per heavy atom. The van der Waals surface area contributed by atoms with E-state index in [-0.39, 0.29) is 17.7 Å². The second-order valence-corrected chi connectivity index (χ2v) is 5.86.